The van der Waals surface area contributed by atoms with Gasteiger partial charge < -0.3 is 10.4 Å². The third-order valence-corrected chi connectivity index (χ3v) is 3.39. The van der Waals surface area contributed by atoms with Crippen LogP contribution in [0.3, 0.4) is 0 Å². The fourth-order valence-corrected chi connectivity index (χ4v) is 2.43. The summed E-state index contributed by atoms with van der Waals surface area (Å²) >= 11 is 0. The van der Waals surface area contributed by atoms with E-state index in [0.717, 1.165) is 31.7 Å². The van der Waals surface area contributed by atoms with E-state index in [2.05, 4.69) is 28.2 Å². The van der Waals surface area contributed by atoms with Crippen LogP contribution < -0.4 is 5.32 Å². The van der Waals surface area contributed by atoms with Crippen molar-refractivity contribution in [2.75, 3.05) is 19.7 Å². The number of rotatable bonds is 4. The number of aliphatic hydroxyl groups excluding tert-OH is 1. The van der Waals surface area contributed by atoms with Gasteiger partial charge in [0.15, 0.2) is 0 Å². The van der Waals surface area contributed by atoms with Gasteiger partial charge >= 0.3 is 0 Å². The molecule has 0 aromatic carbocycles. The highest BCUT2D eigenvalue weighted by Gasteiger charge is 2.27. The number of pyridine rings is 1. The van der Waals surface area contributed by atoms with Crippen LogP contribution in [0.2, 0.25) is 0 Å². The molecule has 1 fully saturated rings. The van der Waals surface area contributed by atoms with Gasteiger partial charge in [-0.25, -0.2) is 0 Å². The van der Waals surface area contributed by atoms with Crippen molar-refractivity contribution in [1.29, 1.82) is 0 Å². The smallest absolute Gasteiger partial charge is 0.0544 e. The minimum atomic E-state index is 0.248. The van der Waals surface area contributed by atoms with E-state index in [-0.39, 0.29) is 6.61 Å². The highest BCUT2D eigenvalue weighted by molar-refractivity contribution is 5.04. The van der Waals surface area contributed by atoms with Gasteiger partial charge in [-0.3, -0.25) is 9.88 Å². The molecule has 0 saturated carbocycles. The molecule has 2 rings (SSSR count). The maximum Gasteiger partial charge on any atom is 0.0544 e. The highest BCUT2D eigenvalue weighted by Crippen LogP contribution is 2.15. The summed E-state index contributed by atoms with van der Waals surface area (Å²) in [5, 5.41) is 12.5. The summed E-state index contributed by atoms with van der Waals surface area (Å²) in [6.45, 7) is 5.30. The van der Waals surface area contributed by atoms with E-state index >= 15 is 0 Å². The molecule has 0 amide bonds. The zero-order valence-electron chi connectivity index (χ0n) is 10.3. The number of hydrogen-bond acceptors (Lipinski definition) is 4. The highest BCUT2D eigenvalue weighted by atomic mass is 16.3. The standard InChI is InChI=1S/C13H21N3O/c1-11-8-14-9-13(5-7-17)16(11)10-12-4-2-3-6-15-12/h2-4,6,11,13-14,17H,5,7-10H2,1H3. The first-order valence-corrected chi connectivity index (χ1v) is 6.28. The number of piperazine rings is 1. The summed E-state index contributed by atoms with van der Waals surface area (Å²) in [4.78, 5) is 6.82. The topological polar surface area (TPSA) is 48.4 Å². The molecule has 0 aliphatic carbocycles. The molecular weight excluding hydrogens is 214 g/mol. The first-order chi connectivity index (χ1) is 8.31. The van der Waals surface area contributed by atoms with Gasteiger partial charge in [-0.1, -0.05) is 6.07 Å². The molecule has 2 N–H and O–H groups in total. The monoisotopic (exact) mass is 235 g/mol. The van der Waals surface area contributed by atoms with Crippen LogP contribution in [-0.4, -0.2) is 46.8 Å². The number of aliphatic hydroxyl groups is 1. The molecule has 0 radical (unpaired) electrons. The lowest BCUT2D eigenvalue weighted by Gasteiger charge is -2.40. The molecule has 2 unspecified atom stereocenters. The van der Waals surface area contributed by atoms with E-state index in [4.69, 9.17) is 5.11 Å². The maximum absolute atomic E-state index is 9.12. The number of hydrogen-bond donors (Lipinski definition) is 2. The summed E-state index contributed by atoms with van der Waals surface area (Å²) in [6, 6.07) is 6.92. The lowest BCUT2D eigenvalue weighted by Crippen LogP contribution is -2.55. The van der Waals surface area contributed by atoms with E-state index in [9.17, 15) is 0 Å². The van der Waals surface area contributed by atoms with Crippen LogP contribution in [0.4, 0.5) is 0 Å². The average molecular weight is 235 g/mol. The zero-order chi connectivity index (χ0) is 12.1. The van der Waals surface area contributed by atoms with Crippen LogP contribution in [0, 0.1) is 0 Å². The lowest BCUT2D eigenvalue weighted by molar-refractivity contribution is 0.0778. The van der Waals surface area contributed by atoms with Crippen molar-refractivity contribution in [3.63, 3.8) is 0 Å². The summed E-state index contributed by atoms with van der Waals surface area (Å²) in [5.41, 5.74) is 1.10. The first kappa shape index (κ1) is 12.5. The summed E-state index contributed by atoms with van der Waals surface area (Å²) in [7, 11) is 0. The van der Waals surface area contributed by atoms with Crippen molar-refractivity contribution < 1.29 is 5.11 Å². The van der Waals surface area contributed by atoms with E-state index in [1.807, 2.05) is 18.3 Å². The Morgan fingerprint density at radius 2 is 2.35 bits per heavy atom. The molecule has 1 aromatic rings. The predicted octanol–water partition coefficient (Wildman–Crippen LogP) is 0.626. The van der Waals surface area contributed by atoms with E-state index < -0.39 is 0 Å². The number of nitrogens with zero attached hydrogens (tertiary/aromatic N) is 2. The molecule has 4 nitrogen and oxygen atoms in total. The second kappa shape index (κ2) is 6.10. The normalized spacial score (nSPS) is 26.0. The largest absolute Gasteiger partial charge is 0.396 e. The molecule has 1 aliphatic heterocycles. The predicted molar refractivity (Wildman–Crippen MR) is 67.6 cm³/mol. The van der Waals surface area contributed by atoms with Crippen LogP contribution in [0.1, 0.15) is 19.0 Å². The molecular formula is C13H21N3O. The second-order valence-electron chi connectivity index (χ2n) is 4.67. The number of nitrogens with one attached hydrogen (secondary N) is 1. The SMILES string of the molecule is CC1CNCC(CCO)N1Cc1ccccn1. The Hall–Kier alpha value is -0.970. The van der Waals surface area contributed by atoms with Crippen LogP contribution in [-0.2, 0) is 6.54 Å². The van der Waals surface area contributed by atoms with Crippen molar-refractivity contribution in [3.05, 3.63) is 30.1 Å². The summed E-state index contributed by atoms with van der Waals surface area (Å²) < 4.78 is 0. The van der Waals surface area contributed by atoms with Gasteiger partial charge in [0.2, 0.25) is 0 Å². The van der Waals surface area contributed by atoms with E-state index in [0.29, 0.717) is 12.1 Å². The van der Waals surface area contributed by atoms with Crippen molar-refractivity contribution in [2.45, 2.75) is 32.0 Å². The van der Waals surface area contributed by atoms with Gasteiger partial charge in [-0.2, -0.15) is 0 Å². The lowest BCUT2D eigenvalue weighted by atomic mass is 10.1. The van der Waals surface area contributed by atoms with Gasteiger partial charge in [-0.05, 0) is 25.5 Å². The van der Waals surface area contributed by atoms with Crippen LogP contribution >= 0.6 is 0 Å². The third kappa shape index (κ3) is 3.25. The Kier molecular flexibility index (Phi) is 4.48. The minimum absolute atomic E-state index is 0.248. The molecule has 17 heavy (non-hydrogen) atoms. The van der Waals surface area contributed by atoms with Gasteiger partial charge in [0.1, 0.15) is 0 Å². The Morgan fingerprint density at radius 3 is 3.06 bits per heavy atom. The van der Waals surface area contributed by atoms with Crippen molar-refractivity contribution in [2.24, 2.45) is 0 Å². The molecule has 0 bridgehead atoms. The van der Waals surface area contributed by atoms with E-state index in [1.54, 1.807) is 0 Å². The minimum Gasteiger partial charge on any atom is -0.396 e. The van der Waals surface area contributed by atoms with Gasteiger partial charge in [-0.15, -0.1) is 0 Å². The molecule has 94 valence electrons. The van der Waals surface area contributed by atoms with E-state index in [1.165, 1.54) is 0 Å². The summed E-state index contributed by atoms with van der Waals surface area (Å²) in [5.74, 6) is 0. The maximum atomic E-state index is 9.12. The Morgan fingerprint density at radius 1 is 1.47 bits per heavy atom. The van der Waals surface area contributed by atoms with Gasteiger partial charge in [0.25, 0.3) is 0 Å². The quantitative estimate of drug-likeness (QED) is 0.803. The van der Waals surface area contributed by atoms with Crippen molar-refractivity contribution in [1.82, 2.24) is 15.2 Å². The Bertz CT molecular complexity index is 329. The van der Waals surface area contributed by atoms with Crippen molar-refractivity contribution in [3.8, 4) is 0 Å². The molecule has 4 heteroatoms. The molecule has 1 saturated heterocycles. The molecule has 1 aromatic heterocycles. The van der Waals surface area contributed by atoms with Crippen LogP contribution in [0.15, 0.2) is 24.4 Å². The van der Waals surface area contributed by atoms with Gasteiger partial charge in [0, 0.05) is 44.5 Å². The zero-order valence-corrected chi connectivity index (χ0v) is 10.3. The average Bonchev–Trinajstić information content (AvgIpc) is 2.35. The fourth-order valence-electron chi connectivity index (χ4n) is 2.43. The molecule has 1 aliphatic rings. The third-order valence-electron chi connectivity index (χ3n) is 3.39. The molecule has 2 heterocycles. The Balaban J connectivity index is 2.04. The second-order valence-corrected chi connectivity index (χ2v) is 4.67. The van der Waals surface area contributed by atoms with Crippen LogP contribution in [0.25, 0.3) is 0 Å². The fraction of sp³-hybridized carbons (Fsp3) is 0.615. The first-order valence-electron chi connectivity index (χ1n) is 6.28. The van der Waals surface area contributed by atoms with Gasteiger partial charge in [0.05, 0.1) is 5.69 Å². The summed E-state index contributed by atoms with van der Waals surface area (Å²) in [6.07, 6.45) is 2.66. The number of aromatic nitrogens is 1. The Labute approximate surface area is 103 Å². The molecule has 0 spiro atoms. The molecule has 2 atom stereocenters. The van der Waals surface area contributed by atoms with Crippen LogP contribution in [0.5, 0.6) is 0 Å². The van der Waals surface area contributed by atoms with Crippen molar-refractivity contribution >= 4 is 0 Å².